The Labute approximate surface area is 122 Å². The van der Waals surface area contributed by atoms with Crippen molar-refractivity contribution >= 4 is 5.91 Å². The normalized spacial score (nSPS) is 17.1. The first-order valence-corrected chi connectivity index (χ1v) is 7.66. The molecule has 1 saturated carbocycles. The molecular formula is C17H26N2O. The van der Waals surface area contributed by atoms with E-state index in [1.165, 1.54) is 11.1 Å². The van der Waals surface area contributed by atoms with Gasteiger partial charge in [0.1, 0.15) is 0 Å². The van der Waals surface area contributed by atoms with E-state index in [0.29, 0.717) is 13.1 Å². The molecule has 0 spiro atoms. The highest BCUT2D eigenvalue weighted by molar-refractivity contribution is 5.83. The Bertz CT molecular complexity index is 464. The summed E-state index contributed by atoms with van der Waals surface area (Å²) in [5.41, 5.74) is 8.08. The largest absolute Gasteiger partial charge is 0.338 e. The van der Waals surface area contributed by atoms with E-state index in [9.17, 15) is 4.79 Å². The lowest BCUT2D eigenvalue weighted by Gasteiger charge is -2.33. The van der Waals surface area contributed by atoms with Crippen molar-refractivity contribution < 1.29 is 4.79 Å². The van der Waals surface area contributed by atoms with E-state index in [-0.39, 0.29) is 11.3 Å². The summed E-state index contributed by atoms with van der Waals surface area (Å²) in [5, 5.41) is 0. The SMILES string of the molecule is CCN(Cc1cccc(C)c1)C(=O)C1(CN)CCCC1. The van der Waals surface area contributed by atoms with Crippen molar-refractivity contribution in [3.05, 3.63) is 35.4 Å². The molecule has 1 aromatic rings. The quantitative estimate of drug-likeness (QED) is 0.897. The molecule has 1 aliphatic rings. The van der Waals surface area contributed by atoms with E-state index >= 15 is 0 Å². The van der Waals surface area contributed by atoms with Crippen LogP contribution >= 0.6 is 0 Å². The fraction of sp³-hybridized carbons (Fsp3) is 0.588. The Kier molecular flexibility index (Phi) is 4.81. The summed E-state index contributed by atoms with van der Waals surface area (Å²) in [6.45, 7) is 6.05. The predicted molar refractivity (Wildman–Crippen MR) is 82.2 cm³/mol. The van der Waals surface area contributed by atoms with Crippen molar-refractivity contribution in [2.45, 2.75) is 46.1 Å². The maximum Gasteiger partial charge on any atom is 0.230 e. The maximum atomic E-state index is 12.9. The summed E-state index contributed by atoms with van der Waals surface area (Å²) in [7, 11) is 0. The van der Waals surface area contributed by atoms with Crippen molar-refractivity contribution in [1.82, 2.24) is 4.90 Å². The van der Waals surface area contributed by atoms with Gasteiger partial charge in [-0.25, -0.2) is 0 Å². The second-order valence-corrected chi connectivity index (χ2v) is 6.00. The van der Waals surface area contributed by atoms with Gasteiger partial charge in [-0.2, -0.15) is 0 Å². The third-order valence-electron chi connectivity index (χ3n) is 4.53. The van der Waals surface area contributed by atoms with Crippen molar-refractivity contribution in [2.24, 2.45) is 11.1 Å². The van der Waals surface area contributed by atoms with Crippen LogP contribution in [0.25, 0.3) is 0 Å². The average Bonchev–Trinajstić information content (AvgIpc) is 2.94. The molecule has 0 aromatic heterocycles. The van der Waals surface area contributed by atoms with Gasteiger partial charge in [0.2, 0.25) is 5.91 Å². The minimum atomic E-state index is -0.292. The molecule has 2 N–H and O–H groups in total. The number of nitrogens with zero attached hydrogens (tertiary/aromatic N) is 1. The van der Waals surface area contributed by atoms with Crippen LogP contribution in [0.5, 0.6) is 0 Å². The van der Waals surface area contributed by atoms with Gasteiger partial charge in [-0.05, 0) is 32.3 Å². The van der Waals surface area contributed by atoms with E-state index in [1.54, 1.807) is 0 Å². The van der Waals surface area contributed by atoms with Gasteiger partial charge in [-0.15, -0.1) is 0 Å². The summed E-state index contributed by atoms with van der Waals surface area (Å²) < 4.78 is 0. The molecule has 0 bridgehead atoms. The lowest BCUT2D eigenvalue weighted by atomic mass is 9.84. The van der Waals surface area contributed by atoms with Crippen LogP contribution in [0, 0.1) is 12.3 Å². The molecule has 110 valence electrons. The summed E-state index contributed by atoms with van der Waals surface area (Å²) in [4.78, 5) is 14.8. The molecule has 0 unspecified atom stereocenters. The van der Waals surface area contributed by atoms with Crippen molar-refractivity contribution in [3.8, 4) is 0 Å². The molecule has 0 aliphatic heterocycles. The molecule has 1 aromatic carbocycles. The summed E-state index contributed by atoms with van der Waals surface area (Å²) in [5.74, 6) is 0.251. The summed E-state index contributed by atoms with van der Waals surface area (Å²) >= 11 is 0. The number of aryl methyl sites for hydroxylation is 1. The fourth-order valence-corrected chi connectivity index (χ4v) is 3.25. The van der Waals surface area contributed by atoms with Crippen LogP contribution in [0.1, 0.15) is 43.7 Å². The Morgan fingerprint density at radius 3 is 2.60 bits per heavy atom. The number of hydrogen-bond acceptors (Lipinski definition) is 2. The van der Waals surface area contributed by atoms with Gasteiger partial charge >= 0.3 is 0 Å². The van der Waals surface area contributed by atoms with Crippen molar-refractivity contribution in [3.63, 3.8) is 0 Å². The van der Waals surface area contributed by atoms with Gasteiger partial charge in [0.15, 0.2) is 0 Å². The highest BCUT2D eigenvalue weighted by Gasteiger charge is 2.41. The maximum absolute atomic E-state index is 12.9. The highest BCUT2D eigenvalue weighted by Crippen LogP contribution is 2.39. The van der Waals surface area contributed by atoms with Gasteiger partial charge in [-0.3, -0.25) is 4.79 Å². The zero-order chi connectivity index (χ0) is 14.6. The molecule has 0 radical (unpaired) electrons. The van der Waals surface area contributed by atoms with Crippen LogP contribution in [-0.2, 0) is 11.3 Å². The van der Waals surface area contributed by atoms with Crippen LogP contribution in [0.15, 0.2) is 24.3 Å². The Morgan fingerprint density at radius 2 is 2.05 bits per heavy atom. The first-order chi connectivity index (χ1) is 9.61. The number of amides is 1. The molecule has 0 saturated heterocycles. The molecule has 3 heteroatoms. The summed E-state index contributed by atoms with van der Waals surface area (Å²) in [6, 6.07) is 8.38. The number of nitrogens with two attached hydrogens (primary N) is 1. The Balaban J connectivity index is 2.13. The summed E-state index contributed by atoms with van der Waals surface area (Å²) in [6.07, 6.45) is 4.16. The van der Waals surface area contributed by atoms with E-state index in [2.05, 4.69) is 31.2 Å². The minimum absolute atomic E-state index is 0.251. The van der Waals surface area contributed by atoms with Crippen LogP contribution in [0.2, 0.25) is 0 Å². The van der Waals surface area contributed by atoms with Gasteiger partial charge < -0.3 is 10.6 Å². The molecule has 2 rings (SSSR count). The van der Waals surface area contributed by atoms with Crippen molar-refractivity contribution in [2.75, 3.05) is 13.1 Å². The Morgan fingerprint density at radius 1 is 1.35 bits per heavy atom. The molecule has 1 fully saturated rings. The van der Waals surface area contributed by atoms with Crippen LogP contribution in [0.4, 0.5) is 0 Å². The lowest BCUT2D eigenvalue weighted by molar-refractivity contribution is -0.141. The third-order valence-corrected chi connectivity index (χ3v) is 4.53. The van der Waals surface area contributed by atoms with E-state index in [1.807, 2.05) is 11.8 Å². The molecule has 1 aliphatic carbocycles. The second kappa shape index (κ2) is 6.40. The highest BCUT2D eigenvalue weighted by atomic mass is 16.2. The smallest absolute Gasteiger partial charge is 0.230 e. The van der Waals surface area contributed by atoms with Gasteiger partial charge in [0.25, 0.3) is 0 Å². The third kappa shape index (κ3) is 3.04. The van der Waals surface area contributed by atoms with Gasteiger partial charge in [0.05, 0.1) is 5.41 Å². The molecule has 0 atom stereocenters. The molecule has 20 heavy (non-hydrogen) atoms. The number of rotatable bonds is 5. The molecule has 3 nitrogen and oxygen atoms in total. The van der Waals surface area contributed by atoms with Crippen LogP contribution in [0.3, 0.4) is 0 Å². The fourth-order valence-electron chi connectivity index (χ4n) is 3.25. The monoisotopic (exact) mass is 274 g/mol. The minimum Gasteiger partial charge on any atom is -0.338 e. The predicted octanol–water partition coefficient (Wildman–Crippen LogP) is 2.86. The lowest BCUT2D eigenvalue weighted by Crippen LogP contribution is -2.46. The number of carbonyl (C=O) groups excluding carboxylic acids is 1. The second-order valence-electron chi connectivity index (χ2n) is 6.00. The van der Waals surface area contributed by atoms with Gasteiger partial charge in [-0.1, -0.05) is 42.7 Å². The van der Waals surface area contributed by atoms with Gasteiger partial charge in [0, 0.05) is 19.6 Å². The van der Waals surface area contributed by atoms with Crippen LogP contribution < -0.4 is 5.73 Å². The molecular weight excluding hydrogens is 248 g/mol. The standard InChI is InChI=1S/C17H26N2O/c1-3-19(12-15-8-6-7-14(2)11-15)16(20)17(13-18)9-4-5-10-17/h6-8,11H,3-5,9-10,12-13,18H2,1-2H3. The molecule has 1 amide bonds. The zero-order valence-corrected chi connectivity index (χ0v) is 12.7. The first-order valence-electron chi connectivity index (χ1n) is 7.66. The number of carbonyl (C=O) groups is 1. The zero-order valence-electron chi connectivity index (χ0n) is 12.7. The van der Waals surface area contributed by atoms with E-state index < -0.39 is 0 Å². The van der Waals surface area contributed by atoms with E-state index in [0.717, 1.165) is 32.2 Å². The van der Waals surface area contributed by atoms with Crippen LogP contribution in [-0.4, -0.2) is 23.9 Å². The molecule has 0 heterocycles. The number of benzene rings is 1. The average molecular weight is 274 g/mol. The Hall–Kier alpha value is -1.35. The van der Waals surface area contributed by atoms with E-state index in [4.69, 9.17) is 5.73 Å². The topological polar surface area (TPSA) is 46.3 Å². The first kappa shape index (κ1) is 15.0. The number of hydrogen-bond donors (Lipinski definition) is 1. The van der Waals surface area contributed by atoms with Crippen molar-refractivity contribution in [1.29, 1.82) is 0 Å².